The number of carbonyl (C=O) groups excluding carboxylic acids is 2. The van der Waals surface area contributed by atoms with Crippen LogP contribution < -0.4 is 0 Å². The Morgan fingerprint density at radius 2 is 1.89 bits per heavy atom. The Labute approximate surface area is 114 Å². The van der Waals surface area contributed by atoms with Crippen LogP contribution in [0.5, 0.6) is 0 Å². The zero-order valence-electron chi connectivity index (χ0n) is 11.5. The van der Waals surface area contributed by atoms with Gasteiger partial charge < -0.3 is 9.80 Å². The number of nitrogens with zero attached hydrogens (tertiary/aromatic N) is 2. The second kappa shape index (κ2) is 5.87. The first-order chi connectivity index (χ1) is 9.11. The average Bonchev–Trinajstić information content (AvgIpc) is 2.34. The van der Waals surface area contributed by atoms with E-state index in [1.54, 1.807) is 11.8 Å². The van der Waals surface area contributed by atoms with Crippen molar-refractivity contribution in [3.8, 4) is 0 Å². The first-order valence-electron chi connectivity index (χ1n) is 6.70. The maximum atomic E-state index is 12.3. The highest BCUT2D eigenvalue weighted by atomic mass is 16.2. The van der Waals surface area contributed by atoms with Crippen molar-refractivity contribution in [1.29, 1.82) is 0 Å². The van der Waals surface area contributed by atoms with E-state index in [0.29, 0.717) is 26.2 Å². The summed E-state index contributed by atoms with van der Waals surface area (Å²) in [7, 11) is 0. The van der Waals surface area contributed by atoms with Gasteiger partial charge in [0.05, 0.1) is 5.92 Å². The minimum atomic E-state index is -0.0208. The summed E-state index contributed by atoms with van der Waals surface area (Å²) in [4.78, 5) is 27.0. The highest BCUT2D eigenvalue weighted by Crippen LogP contribution is 2.19. The summed E-state index contributed by atoms with van der Waals surface area (Å²) in [5, 5.41) is 0. The fourth-order valence-electron chi connectivity index (χ4n) is 2.30. The van der Waals surface area contributed by atoms with Crippen molar-refractivity contribution < 1.29 is 9.59 Å². The number of hydrogen-bond acceptors (Lipinski definition) is 2. The lowest BCUT2D eigenvalue weighted by atomic mass is 9.98. The van der Waals surface area contributed by atoms with Crippen molar-refractivity contribution in [2.45, 2.75) is 20.4 Å². The molecule has 0 bridgehead atoms. The van der Waals surface area contributed by atoms with E-state index in [1.807, 2.05) is 42.2 Å². The molecule has 0 aromatic heterocycles. The summed E-state index contributed by atoms with van der Waals surface area (Å²) in [5.41, 5.74) is 1.14. The third-order valence-corrected chi connectivity index (χ3v) is 3.59. The van der Waals surface area contributed by atoms with Crippen molar-refractivity contribution in [2.24, 2.45) is 5.92 Å². The molecule has 1 fully saturated rings. The Hall–Kier alpha value is -1.84. The van der Waals surface area contributed by atoms with E-state index in [0.717, 1.165) is 5.56 Å². The van der Waals surface area contributed by atoms with Crippen LogP contribution in [0, 0.1) is 5.92 Å². The van der Waals surface area contributed by atoms with Gasteiger partial charge in [-0.25, -0.2) is 0 Å². The van der Waals surface area contributed by atoms with E-state index in [4.69, 9.17) is 0 Å². The molecule has 0 unspecified atom stereocenters. The average molecular weight is 260 g/mol. The van der Waals surface area contributed by atoms with E-state index in [9.17, 15) is 9.59 Å². The molecule has 1 saturated heterocycles. The molecular formula is C15H20N2O2. The summed E-state index contributed by atoms with van der Waals surface area (Å²) < 4.78 is 0. The smallest absolute Gasteiger partial charge is 0.229 e. The molecule has 2 rings (SSSR count). The molecule has 0 radical (unpaired) electrons. The van der Waals surface area contributed by atoms with Gasteiger partial charge >= 0.3 is 0 Å². The molecule has 2 amide bonds. The molecule has 1 aliphatic heterocycles. The van der Waals surface area contributed by atoms with Gasteiger partial charge in [-0.15, -0.1) is 0 Å². The summed E-state index contributed by atoms with van der Waals surface area (Å²) in [6, 6.07) is 9.98. The second-order valence-corrected chi connectivity index (χ2v) is 4.96. The van der Waals surface area contributed by atoms with Crippen LogP contribution in [-0.4, -0.2) is 41.2 Å². The Balaban J connectivity index is 1.92. The molecule has 0 saturated carbocycles. The normalized spacial score (nSPS) is 14.9. The lowest BCUT2D eigenvalue weighted by molar-refractivity contribution is -0.147. The molecule has 4 nitrogen and oxygen atoms in total. The van der Waals surface area contributed by atoms with Crippen LogP contribution in [0.2, 0.25) is 0 Å². The van der Waals surface area contributed by atoms with E-state index in [1.165, 1.54) is 0 Å². The first kappa shape index (κ1) is 13.6. The van der Waals surface area contributed by atoms with Crippen LogP contribution in [0.3, 0.4) is 0 Å². The highest BCUT2D eigenvalue weighted by molar-refractivity contribution is 5.83. The summed E-state index contributed by atoms with van der Waals surface area (Å²) in [6.45, 7) is 6.01. The number of hydrogen-bond donors (Lipinski definition) is 0. The lowest BCUT2D eigenvalue weighted by Gasteiger charge is -2.40. The van der Waals surface area contributed by atoms with Gasteiger partial charge in [0.15, 0.2) is 0 Å². The summed E-state index contributed by atoms with van der Waals surface area (Å²) >= 11 is 0. The van der Waals surface area contributed by atoms with Crippen molar-refractivity contribution in [2.75, 3.05) is 19.6 Å². The molecule has 0 spiro atoms. The van der Waals surface area contributed by atoms with Gasteiger partial charge in [-0.05, 0) is 12.5 Å². The highest BCUT2D eigenvalue weighted by Gasteiger charge is 2.36. The molecule has 1 aromatic rings. The van der Waals surface area contributed by atoms with E-state index in [-0.39, 0.29) is 17.7 Å². The lowest BCUT2D eigenvalue weighted by Crippen LogP contribution is -2.55. The maximum Gasteiger partial charge on any atom is 0.229 e. The predicted molar refractivity (Wildman–Crippen MR) is 73.3 cm³/mol. The number of rotatable bonds is 4. The van der Waals surface area contributed by atoms with Crippen LogP contribution >= 0.6 is 0 Å². The zero-order valence-corrected chi connectivity index (χ0v) is 11.5. The second-order valence-electron chi connectivity index (χ2n) is 4.96. The van der Waals surface area contributed by atoms with Crippen LogP contribution in [0.1, 0.15) is 19.4 Å². The Kier molecular flexibility index (Phi) is 4.20. The first-order valence-corrected chi connectivity index (χ1v) is 6.70. The van der Waals surface area contributed by atoms with Gasteiger partial charge in [0, 0.05) is 33.1 Å². The van der Waals surface area contributed by atoms with E-state index in [2.05, 4.69) is 0 Å². The third-order valence-electron chi connectivity index (χ3n) is 3.59. The van der Waals surface area contributed by atoms with Crippen LogP contribution in [0.15, 0.2) is 30.3 Å². The zero-order chi connectivity index (χ0) is 13.8. The number of amides is 2. The van der Waals surface area contributed by atoms with Crippen LogP contribution in [0.25, 0.3) is 0 Å². The monoisotopic (exact) mass is 260 g/mol. The van der Waals surface area contributed by atoms with Crippen molar-refractivity contribution in [1.82, 2.24) is 9.80 Å². The molecule has 1 heterocycles. The Bertz CT molecular complexity index is 452. The minimum Gasteiger partial charge on any atom is -0.341 e. The number of benzene rings is 1. The quantitative estimate of drug-likeness (QED) is 0.823. The standard InChI is InChI=1S/C15H20N2O2/c1-3-16(9-13-7-5-4-6-8-13)15(19)14-10-17(11-14)12(2)18/h4-8,14H,3,9-11H2,1-2H3. The molecule has 19 heavy (non-hydrogen) atoms. The summed E-state index contributed by atoms with van der Waals surface area (Å²) in [6.07, 6.45) is 0. The predicted octanol–water partition coefficient (Wildman–Crippen LogP) is 1.51. The molecule has 0 atom stereocenters. The Morgan fingerprint density at radius 1 is 1.26 bits per heavy atom. The molecule has 0 aliphatic carbocycles. The maximum absolute atomic E-state index is 12.3. The molecule has 1 aliphatic rings. The number of carbonyl (C=O) groups is 2. The Morgan fingerprint density at radius 3 is 2.42 bits per heavy atom. The third kappa shape index (κ3) is 3.13. The topological polar surface area (TPSA) is 40.6 Å². The van der Waals surface area contributed by atoms with Gasteiger partial charge in [-0.1, -0.05) is 30.3 Å². The molecule has 0 N–H and O–H groups in total. The van der Waals surface area contributed by atoms with Crippen LogP contribution in [-0.2, 0) is 16.1 Å². The largest absolute Gasteiger partial charge is 0.341 e. The van der Waals surface area contributed by atoms with Gasteiger partial charge in [0.1, 0.15) is 0 Å². The van der Waals surface area contributed by atoms with Gasteiger partial charge in [-0.3, -0.25) is 9.59 Å². The van der Waals surface area contributed by atoms with Crippen molar-refractivity contribution in [3.63, 3.8) is 0 Å². The van der Waals surface area contributed by atoms with Gasteiger partial charge in [-0.2, -0.15) is 0 Å². The van der Waals surface area contributed by atoms with Gasteiger partial charge in [0.25, 0.3) is 0 Å². The molecule has 102 valence electrons. The van der Waals surface area contributed by atoms with Crippen molar-refractivity contribution >= 4 is 11.8 Å². The SMILES string of the molecule is CCN(Cc1ccccc1)C(=O)C1CN(C(C)=O)C1. The molecule has 4 heteroatoms. The van der Waals surface area contributed by atoms with E-state index >= 15 is 0 Å². The number of likely N-dealkylation sites (tertiary alicyclic amines) is 1. The van der Waals surface area contributed by atoms with Crippen LogP contribution in [0.4, 0.5) is 0 Å². The fourth-order valence-corrected chi connectivity index (χ4v) is 2.30. The molecular weight excluding hydrogens is 240 g/mol. The van der Waals surface area contributed by atoms with Gasteiger partial charge in [0.2, 0.25) is 11.8 Å². The minimum absolute atomic E-state index is 0.0208. The summed E-state index contributed by atoms with van der Waals surface area (Å²) in [5.74, 6) is 0.187. The fraction of sp³-hybridized carbons (Fsp3) is 0.467. The van der Waals surface area contributed by atoms with Crippen molar-refractivity contribution in [3.05, 3.63) is 35.9 Å². The molecule has 1 aromatic carbocycles. The van der Waals surface area contributed by atoms with E-state index < -0.39 is 0 Å².